The van der Waals surface area contributed by atoms with Crippen molar-refractivity contribution < 1.29 is 19.1 Å². The summed E-state index contributed by atoms with van der Waals surface area (Å²) < 4.78 is 5.65. The van der Waals surface area contributed by atoms with Crippen molar-refractivity contribution in [2.75, 3.05) is 25.5 Å². The third-order valence-electron chi connectivity index (χ3n) is 4.54. The molecule has 1 fully saturated rings. The van der Waals surface area contributed by atoms with Crippen molar-refractivity contribution in [3.8, 4) is 0 Å². The summed E-state index contributed by atoms with van der Waals surface area (Å²) in [6.45, 7) is 1.06. The molecule has 1 aliphatic heterocycles. The molecule has 2 amide bonds. The number of halogens is 1. The SMILES string of the molecule is COC(=O)c1sccc1NC(=O)C1CCN(C(=O)c2ccc(Br)cc2)CC1. The van der Waals surface area contributed by atoms with Gasteiger partial charge in [0.05, 0.1) is 12.8 Å². The zero-order chi connectivity index (χ0) is 19.4. The molecular weight excluding hydrogens is 432 g/mol. The van der Waals surface area contributed by atoms with Gasteiger partial charge in [0.1, 0.15) is 4.88 Å². The third-order valence-corrected chi connectivity index (χ3v) is 5.96. The van der Waals surface area contributed by atoms with Gasteiger partial charge in [-0.25, -0.2) is 4.79 Å². The van der Waals surface area contributed by atoms with E-state index in [0.717, 1.165) is 4.47 Å². The summed E-state index contributed by atoms with van der Waals surface area (Å²) in [6, 6.07) is 8.95. The number of methoxy groups -OCH3 is 1. The topological polar surface area (TPSA) is 75.7 Å². The summed E-state index contributed by atoms with van der Waals surface area (Å²) in [5.74, 6) is -0.805. The van der Waals surface area contributed by atoms with Crippen LogP contribution in [0.1, 0.15) is 32.9 Å². The molecule has 6 nitrogen and oxygen atoms in total. The molecule has 0 radical (unpaired) electrons. The Morgan fingerprint density at radius 3 is 2.44 bits per heavy atom. The maximum atomic E-state index is 12.6. The zero-order valence-corrected chi connectivity index (χ0v) is 17.1. The highest BCUT2D eigenvalue weighted by Gasteiger charge is 2.28. The minimum atomic E-state index is -0.463. The Morgan fingerprint density at radius 1 is 1.15 bits per heavy atom. The summed E-state index contributed by atoms with van der Waals surface area (Å²) in [6.07, 6.45) is 1.18. The van der Waals surface area contributed by atoms with Gasteiger partial charge in [-0.3, -0.25) is 9.59 Å². The monoisotopic (exact) mass is 450 g/mol. The molecule has 0 saturated carbocycles. The average Bonchev–Trinajstić information content (AvgIpc) is 3.15. The summed E-state index contributed by atoms with van der Waals surface area (Å²) in [7, 11) is 1.31. The Morgan fingerprint density at radius 2 is 1.81 bits per heavy atom. The maximum Gasteiger partial charge on any atom is 0.350 e. The van der Waals surface area contributed by atoms with E-state index < -0.39 is 5.97 Å². The smallest absolute Gasteiger partial charge is 0.350 e. The number of piperidine rings is 1. The van der Waals surface area contributed by atoms with Crippen LogP contribution in [0, 0.1) is 5.92 Å². The first kappa shape index (κ1) is 19.6. The van der Waals surface area contributed by atoms with Crippen LogP contribution < -0.4 is 5.32 Å². The van der Waals surface area contributed by atoms with Crippen LogP contribution in [-0.4, -0.2) is 42.9 Å². The number of carbonyl (C=O) groups is 3. The van der Waals surface area contributed by atoms with Crippen LogP contribution in [0.4, 0.5) is 5.69 Å². The van der Waals surface area contributed by atoms with Crippen molar-refractivity contribution in [1.29, 1.82) is 0 Å². The van der Waals surface area contributed by atoms with Crippen LogP contribution in [0.2, 0.25) is 0 Å². The summed E-state index contributed by atoms with van der Waals surface area (Å²) in [4.78, 5) is 39.0. The number of likely N-dealkylation sites (tertiary alicyclic amines) is 1. The van der Waals surface area contributed by atoms with Gasteiger partial charge in [0.2, 0.25) is 5.91 Å². The fourth-order valence-electron chi connectivity index (χ4n) is 3.01. The van der Waals surface area contributed by atoms with Crippen LogP contribution in [0.5, 0.6) is 0 Å². The van der Waals surface area contributed by atoms with E-state index in [2.05, 4.69) is 21.2 Å². The number of benzene rings is 1. The molecule has 142 valence electrons. The van der Waals surface area contributed by atoms with Gasteiger partial charge in [0, 0.05) is 29.0 Å². The summed E-state index contributed by atoms with van der Waals surface area (Å²) in [5, 5.41) is 4.56. The minimum Gasteiger partial charge on any atom is -0.465 e. The van der Waals surface area contributed by atoms with Crippen LogP contribution in [0.25, 0.3) is 0 Å². The summed E-state index contributed by atoms with van der Waals surface area (Å²) >= 11 is 4.59. The van der Waals surface area contributed by atoms with E-state index in [4.69, 9.17) is 4.74 Å². The number of amides is 2. The largest absolute Gasteiger partial charge is 0.465 e. The highest BCUT2D eigenvalue weighted by Crippen LogP contribution is 2.26. The average molecular weight is 451 g/mol. The van der Waals surface area contributed by atoms with E-state index >= 15 is 0 Å². The number of ether oxygens (including phenoxy) is 1. The van der Waals surface area contributed by atoms with Gasteiger partial charge in [-0.1, -0.05) is 15.9 Å². The van der Waals surface area contributed by atoms with Crippen molar-refractivity contribution in [1.82, 2.24) is 4.90 Å². The van der Waals surface area contributed by atoms with Crippen LogP contribution in [0.3, 0.4) is 0 Å². The fourth-order valence-corrected chi connectivity index (χ4v) is 4.04. The molecule has 1 aromatic carbocycles. The second-order valence-corrected chi connectivity index (χ2v) is 8.05. The van der Waals surface area contributed by atoms with Crippen molar-refractivity contribution in [2.45, 2.75) is 12.8 Å². The lowest BCUT2D eigenvalue weighted by molar-refractivity contribution is -0.121. The third kappa shape index (κ3) is 4.56. The number of anilines is 1. The van der Waals surface area contributed by atoms with Crippen molar-refractivity contribution in [2.24, 2.45) is 5.92 Å². The number of hydrogen-bond acceptors (Lipinski definition) is 5. The Labute approximate surface area is 169 Å². The van der Waals surface area contributed by atoms with Crippen LogP contribution in [-0.2, 0) is 9.53 Å². The summed E-state index contributed by atoms with van der Waals surface area (Å²) in [5.41, 5.74) is 1.12. The van der Waals surface area contributed by atoms with Gasteiger partial charge in [-0.05, 0) is 48.6 Å². The number of esters is 1. The second-order valence-electron chi connectivity index (χ2n) is 6.22. The zero-order valence-electron chi connectivity index (χ0n) is 14.7. The molecule has 1 aliphatic rings. The molecule has 2 heterocycles. The first-order valence-electron chi connectivity index (χ1n) is 8.51. The van der Waals surface area contributed by atoms with Crippen molar-refractivity contribution in [3.63, 3.8) is 0 Å². The van der Waals surface area contributed by atoms with Gasteiger partial charge in [0.25, 0.3) is 5.91 Å². The standard InChI is InChI=1S/C19H19BrN2O4S/c1-26-19(25)16-15(8-11-27-16)21-17(23)12-6-9-22(10-7-12)18(24)13-2-4-14(20)5-3-13/h2-5,8,11-12H,6-7,9-10H2,1H3,(H,21,23). The predicted molar refractivity (Wildman–Crippen MR) is 107 cm³/mol. The second kappa shape index (κ2) is 8.67. The molecule has 2 aromatic rings. The van der Waals surface area contributed by atoms with E-state index in [1.54, 1.807) is 28.5 Å². The molecule has 1 aromatic heterocycles. The quantitative estimate of drug-likeness (QED) is 0.718. The molecule has 1 saturated heterocycles. The van der Waals surface area contributed by atoms with E-state index in [9.17, 15) is 14.4 Å². The first-order chi connectivity index (χ1) is 13.0. The molecule has 0 bridgehead atoms. The number of hydrogen-bond donors (Lipinski definition) is 1. The minimum absolute atomic E-state index is 0.0211. The van der Waals surface area contributed by atoms with Crippen LogP contribution in [0.15, 0.2) is 40.2 Å². The molecule has 27 heavy (non-hydrogen) atoms. The van der Waals surface area contributed by atoms with Gasteiger partial charge in [-0.2, -0.15) is 0 Å². The lowest BCUT2D eigenvalue weighted by Gasteiger charge is -2.31. The molecule has 3 rings (SSSR count). The van der Waals surface area contributed by atoms with Crippen molar-refractivity contribution >= 4 is 50.7 Å². The molecule has 8 heteroatoms. The number of nitrogens with zero attached hydrogens (tertiary/aromatic N) is 1. The molecule has 1 N–H and O–H groups in total. The van der Waals surface area contributed by atoms with E-state index in [1.807, 2.05) is 12.1 Å². The van der Waals surface area contributed by atoms with E-state index in [0.29, 0.717) is 42.1 Å². The number of rotatable bonds is 4. The highest BCUT2D eigenvalue weighted by atomic mass is 79.9. The number of thiophene rings is 1. The molecule has 0 aliphatic carbocycles. The molecule has 0 unspecified atom stereocenters. The number of carbonyl (C=O) groups excluding carboxylic acids is 3. The molecular formula is C19H19BrN2O4S. The highest BCUT2D eigenvalue weighted by molar-refractivity contribution is 9.10. The Balaban J connectivity index is 1.56. The first-order valence-corrected chi connectivity index (χ1v) is 10.2. The van der Waals surface area contributed by atoms with Crippen LogP contribution >= 0.6 is 27.3 Å². The lowest BCUT2D eigenvalue weighted by atomic mass is 9.95. The predicted octanol–water partition coefficient (Wildman–Crippen LogP) is 3.79. The number of nitrogens with one attached hydrogen (secondary N) is 1. The van der Waals surface area contributed by atoms with Crippen molar-refractivity contribution in [3.05, 3.63) is 50.6 Å². The lowest BCUT2D eigenvalue weighted by Crippen LogP contribution is -2.41. The maximum absolute atomic E-state index is 12.6. The normalized spacial score (nSPS) is 14.7. The van der Waals surface area contributed by atoms with Gasteiger partial charge < -0.3 is 15.0 Å². The Bertz CT molecular complexity index is 842. The fraction of sp³-hybridized carbons (Fsp3) is 0.316. The van der Waals surface area contributed by atoms with Gasteiger partial charge in [0.15, 0.2) is 0 Å². The van der Waals surface area contributed by atoms with E-state index in [-0.39, 0.29) is 17.7 Å². The van der Waals surface area contributed by atoms with Gasteiger partial charge in [-0.15, -0.1) is 11.3 Å². The molecule has 0 atom stereocenters. The van der Waals surface area contributed by atoms with Gasteiger partial charge >= 0.3 is 5.97 Å². The Kier molecular flexibility index (Phi) is 6.28. The molecule has 0 spiro atoms. The van der Waals surface area contributed by atoms with E-state index in [1.165, 1.54) is 18.4 Å². The Hall–Kier alpha value is -2.19.